The van der Waals surface area contributed by atoms with Crippen molar-refractivity contribution in [2.24, 2.45) is 0 Å². The first-order valence-corrected chi connectivity index (χ1v) is 4.91. The maximum Gasteiger partial charge on any atom is 0.351 e. The van der Waals surface area contributed by atoms with Crippen molar-refractivity contribution in [1.82, 2.24) is 9.55 Å². The van der Waals surface area contributed by atoms with E-state index in [9.17, 15) is 9.90 Å². The standard InChI is InChI=1S/C9H13N3O4/c10-7-1-2-12(9(15)11-7)8-6(14)3-5(4-13)16-8/h1-2,5-6,8,13-14H,3-4H2,(H2,10,11,15)/t5-,6+,8?/m1/s1. The monoisotopic (exact) mass is 227 g/mol. The Balaban J connectivity index is 2.28. The van der Waals surface area contributed by atoms with Gasteiger partial charge in [-0.2, -0.15) is 4.98 Å². The minimum Gasteiger partial charge on any atom is -0.394 e. The molecule has 0 bridgehead atoms. The van der Waals surface area contributed by atoms with E-state index in [4.69, 9.17) is 15.6 Å². The molecule has 0 aromatic carbocycles. The van der Waals surface area contributed by atoms with E-state index in [1.54, 1.807) is 0 Å². The Labute approximate surface area is 91.1 Å². The fraction of sp³-hybridized carbons (Fsp3) is 0.556. The summed E-state index contributed by atoms with van der Waals surface area (Å²) in [5.41, 5.74) is 4.77. The molecule has 2 rings (SSSR count). The number of aliphatic hydroxyl groups excluding tert-OH is 2. The molecule has 0 radical (unpaired) electrons. The Morgan fingerprint density at radius 3 is 3.00 bits per heavy atom. The third-order valence-electron chi connectivity index (χ3n) is 2.49. The largest absolute Gasteiger partial charge is 0.394 e. The molecule has 0 amide bonds. The highest BCUT2D eigenvalue weighted by Crippen LogP contribution is 2.27. The van der Waals surface area contributed by atoms with E-state index in [1.165, 1.54) is 12.3 Å². The second kappa shape index (κ2) is 4.20. The average molecular weight is 227 g/mol. The van der Waals surface area contributed by atoms with Gasteiger partial charge in [0.15, 0.2) is 6.23 Å². The molecule has 7 nitrogen and oxygen atoms in total. The van der Waals surface area contributed by atoms with E-state index in [-0.39, 0.29) is 18.8 Å². The van der Waals surface area contributed by atoms with Crippen molar-refractivity contribution in [3.8, 4) is 0 Å². The number of anilines is 1. The minimum absolute atomic E-state index is 0.118. The number of nitrogens with zero attached hydrogens (tertiary/aromatic N) is 2. The zero-order chi connectivity index (χ0) is 11.7. The highest BCUT2D eigenvalue weighted by molar-refractivity contribution is 5.23. The van der Waals surface area contributed by atoms with Crippen molar-refractivity contribution < 1.29 is 14.9 Å². The first-order chi connectivity index (χ1) is 7.61. The molecule has 4 N–H and O–H groups in total. The smallest absolute Gasteiger partial charge is 0.351 e. The van der Waals surface area contributed by atoms with Crippen LogP contribution in [0.25, 0.3) is 0 Å². The number of aliphatic hydroxyl groups is 2. The summed E-state index contributed by atoms with van der Waals surface area (Å²) in [5.74, 6) is 0.118. The lowest BCUT2D eigenvalue weighted by molar-refractivity contribution is -0.0529. The normalized spacial score (nSPS) is 29.5. The quantitative estimate of drug-likeness (QED) is 0.565. The van der Waals surface area contributed by atoms with Gasteiger partial charge in [0.2, 0.25) is 0 Å². The Morgan fingerprint density at radius 1 is 1.69 bits per heavy atom. The van der Waals surface area contributed by atoms with Crippen molar-refractivity contribution in [3.05, 3.63) is 22.7 Å². The van der Waals surface area contributed by atoms with Crippen LogP contribution in [0.15, 0.2) is 17.1 Å². The number of hydrogen-bond donors (Lipinski definition) is 3. The molecule has 3 atom stereocenters. The van der Waals surface area contributed by atoms with Crippen molar-refractivity contribution in [2.45, 2.75) is 24.9 Å². The van der Waals surface area contributed by atoms with Gasteiger partial charge in [-0.25, -0.2) is 4.79 Å². The van der Waals surface area contributed by atoms with Gasteiger partial charge < -0.3 is 20.7 Å². The third kappa shape index (κ3) is 1.92. The molecular formula is C9H13N3O4. The van der Waals surface area contributed by atoms with Crippen LogP contribution >= 0.6 is 0 Å². The first kappa shape index (κ1) is 11.1. The summed E-state index contributed by atoms with van der Waals surface area (Å²) in [6, 6.07) is 1.45. The number of hydrogen-bond acceptors (Lipinski definition) is 6. The fourth-order valence-corrected chi connectivity index (χ4v) is 1.72. The van der Waals surface area contributed by atoms with Gasteiger partial charge in [-0.3, -0.25) is 4.57 Å². The summed E-state index contributed by atoms with van der Waals surface area (Å²) in [4.78, 5) is 15.0. The highest BCUT2D eigenvalue weighted by Gasteiger charge is 2.35. The zero-order valence-electron chi connectivity index (χ0n) is 8.48. The van der Waals surface area contributed by atoms with E-state index < -0.39 is 24.1 Å². The van der Waals surface area contributed by atoms with Crippen molar-refractivity contribution >= 4 is 5.82 Å². The number of nitrogens with two attached hydrogens (primary N) is 1. The van der Waals surface area contributed by atoms with Crippen LogP contribution in [0, 0.1) is 0 Å². The van der Waals surface area contributed by atoms with Crippen LogP contribution in [0.1, 0.15) is 12.6 Å². The molecule has 1 fully saturated rings. The number of nitrogen functional groups attached to an aromatic ring is 1. The van der Waals surface area contributed by atoms with Crippen LogP contribution in [0.2, 0.25) is 0 Å². The average Bonchev–Trinajstić information content (AvgIpc) is 2.60. The van der Waals surface area contributed by atoms with Gasteiger partial charge in [0.25, 0.3) is 0 Å². The van der Waals surface area contributed by atoms with E-state index in [0.29, 0.717) is 0 Å². The van der Waals surface area contributed by atoms with E-state index in [2.05, 4.69) is 4.98 Å². The lowest BCUT2D eigenvalue weighted by Gasteiger charge is -2.16. The highest BCUT2D eigenvalue weighted by atomic mass is 16.5. The predicted octanol–water partition coefficient (Wildman–Crippen LogP) is -1.53. The summed E-state index contributed by atoms with van der Waals surface area (Å²) in [5, 5.41) is 18.6. The van der Waals surface area contributed by atoms with Crippen LogP contribution in [-0.4, -0.2) is 38.6 Å². The number of rotatable bonds is 2. The summed E-state index contributed by atoms with van der Waals surface area (Å²) in [6.07, 6.45) is -0.390. The molecule has 2 heterocycles. The van der Waals surface area contributed by atoms with Crippen molar-refractivity contribution in [1.29, 1.82) is 0 Å². The molecule has 0 spiro atoms. The molecule has 16 heavy (non-hydrogen) atoms. The molecule has 1 aliphatic heterocycles. The Bertz CT molecular complexity index is 433. The summed E-state index contributed by atoms with van der Waals surface area (Å²) >= 11 is 0. The van der Waals surface area contributed by atoms with Gasteiger partial charge in [-0.15, -0.1) is 0 Å². The number of aromatic nitrogens is 2. The molecular weight excluding hydrogens is 214 g/mol. The summed E-state index contributed by atoms with van der Waals surface area (Å²) in [6.45, 7) is -0.190. The number of ether oxygens (including phenoxy) is 1. The molecule has 88 valence electrons. The van der Waals surface area contributed by atoms with Crippen LogP contribution in [0.4, 0.5) is 5.82 Å². The molecule has 1 aliphatic rings. The Morgan fingerprint density at radius 2 is 2.44 bits per heavy atom. The minimum atomic E-state index is -0.833. The zero-order valence-corrected chi connectivity index (χ0v) is 8.48. The fourth-order valence-electron chi connectivity index (χ4n) is 1.72. The van der Waals surface area contributed by atoms with E-state index in [1.807, 2.05) is 0 Å². The van der Waals surface area contributed by atoms with Gasteiger partial charge in [0, 0.05) is 12.6 Å². The van der Waals surface area contributed by atoms with E-state index >= 15 is 0 Å². The lowest BCUT2D eigenvalue weighted by Crippen LogP contribution is -2.31. The second-order valence-electron chi connectivity index (χ2n) is 3.68. The van der Waals surface area contributed by atoms with Gasteiger partial charge in [0.1, 0.15) is 11.9 Å². The molecule has 0 aliphatic carbocycles. The first-order valence-electron chi connectivity index (χ1n) is 4.91. The van der Waals surface area contributed by atoms with Crippen molar-refractivity contribution in [3.63, 3.8) is 0 Å². The maximum absolute atomic E-state index is 11.5. The molecule has 0 saturated carbocycles. The Kier molecular flexibility index (Phi) is 2.90. The van der Waals surface area contributed by atoms with Gasteiger partial charge in [0.05, 0.1) is 12.7 Å². The van der Waals surface area contributed by atoms with Crippen LogP contribution in [0.5, 0.6) is 0 Å². The van der Waals surface area contributed by atoms with Crippen LogP contribution in [0.3, 0.4) is 0 Å². The van der Waals surface area contributed by atoms with Gasteiger partial charge >= 0.3 is 5.69 Å². The molecule has 1 aromatic heterocycles. The summed E-state index contributed by atoms with van der Waals surface area (Å²) in [7, 11) is 0. The van der Waals surface area contributed by atoms with E-state index in [0.717, 1.165) is 4.57 Å². The van der Waals surface area contributed by atoms with Crippen LogP contribution in [-0.2, 0) is 4.74 Å². The Hall–Kier alpha value is -1.44. The van der Waals surface area contributed by atoms with Gasteiger partial charge in [-0.05, 0) is 6.07 Å². The molecule has 1 aromatic rings. The third-order valence-corrected chi connectivity index (χ3v) is 2.49. The van der Waals surface area contributed by atoms with Crippen LogP contribution < -0.4 is 11.4 Å². The summed E-state index contributed by atoms with van der Waals surface area (Å²) < 4.78 is 6.48. The molecule has 1 unspecified atom stereocenters. The lowest BCUT2D eigenvalue weighted by atomic mass is 10.2. The predicted molar refractivity (Wildman–Crippen MR) is 54.5 cm³/mol. The van der Waals surface area contributed by atoms with Gasteiger partial charge in [-0.1, -0.05) is 0 Å². The second-order valence-corrected chi connectivity index (χ2v) is 3.68. The molecule has 1 saturated heterocycles. The molecule has 7 heteroatoms. The maximum atomic E-state index is 11.5. The van der Waals surface area contributed by atoms with Crippen molar-refractivity contribution in [2.75, 3.05) is 12.3 Å². The SMILES string of the molecule is Nc1ccn(C2O[C@@H](CO)C[C@@H]2O)c(=O)n1. The topological polar surface area (TPSA) is 111 Å².